The first-order valence-corrected chi connectivity index (χ1v) is 18.6. The van der Waals surface area contributed by atoms with Crippen LogP contribution in [0.2, 0.25) is 0 Å². The molecule has 0 N–H and O–H groups in total. The van der Waals surface area contributed by atoms with Crippen molar-refractivity contribution >= 4 is 16.5 Å². The number of benzene rings is 8. The van der Waals surface area contributed by atoms with Gasteiger partial charge in [0.05, 0.1) is 17.6 Å². The maximum atomic E-state index is 7.39. The van der Waals surface area contributed by atoms with Gasteiger partial charge in [0.25, 0.3) is 0 Å². The molecular formula is C51H32N4O. The zero-order chi connectivity index (χ0) is 37.5. The fraction of sp³-hybridized carbons (Fsp3) is 0.0196. The minimum absolute atomic E-state index is 0.510. The van der Waals surface area contributed by atoms with Gasteiger partial charge in [-0.3, -0.25) is 0 Å². The van der Waals surface area contributed by atoms with Crippen LogP contribution in [0.5, 0.6) is 11.5 Å². The molecule has 5 nitrogen and oxygen atoms in total. The van der Waals surface area contributed by atoms with Crippen molar-refractivity contribution in [1.82, 2.24) is 15.0 Å². The van der Waals surface area contributed by atoms with Crippen molar-refractivity contribution < 1.29 is 4.74 Å². The first kappa shape index (κ1) is 32.9. The summed E-state index contributed by atoms with van der Waals surface area (Å²) in [5.41, 5.74) is 8.79. The normalized spacial score (nSPS) is 12.6. The molecule has 9 aromatic rings. The maximum absolute atomic E-state index is 7.39. The summed E-state index contributed by atoms with van der Waals surface area (Å²) in [7, 11) is 0. The fourth-order valence-electron chi connectivity index (χ4n) is 8.14. The molecule has 0 fully saturated rings. The predicted molar refractivity (Wildman–Crippen MR) is 224 cm³/mol. The summed E-state index contributed by atoms with van der Waals surface area (Å²) in [5.74, 6) is 3.11. The number of aromatic nitrogens is 3. The largest absolute Gasteiger partial charge is 0.456 e. The molecule has 262 valence electrons. The molecule has 1 aromatic heterocycles. The summed E-state index contributed by atoms with van der Waals surface area (Å²) < 4.78 is 7.00. The van der Waals surface area contributed by atoms with Crippen molar-refractivity contribution in [3.05, 3.63) is 228 Å². The molecule has 0 aliphatic carbocycles. The average Bonchev–Trinajstić information content (AvgIpc) is 3.28. The Bertz CT molecular complexity index is 2910. The lowest BCUT2D eigenvalue weighted by molar-refractivity contribution is 0.436. The van der Waals surface area contributed by atoms with Gasteiger partial charge in [-0.25, -0.2) is 19.8 Å². The van der Waals surface area contributed by atoms with Crippen LogP contribution in [0, 0.1) is 6.57 Å². The standard InChI is InChI=1S/C51H32N4O/c1-52-40-31-29-34(30-32-40)36-17-12-18-37(33-36)48-53-49(42-24-13-16-35-15-8-9-23-41(35)42)55-50(54-48)43-25-14-27-45-47(43)56-46-28-11-10-26-44(46)51(45,38-19-4-2-5-20-38)39-21-6-3-7-22-39/h2-33H. The van der Waals surface area contributed by atoms with Crippen molar-refractivity contribution in [3.63, 3.8) is 0 Å². The second-order valence-corrected chi connectivity index (χ2v) is 13.8. The number of hydrogen-bond acceptors (Lipinski definition) is 4. The van der Waals surface area contributed by atoms with Crippen LogP contribution >= 0.6 is 0 Å². The van der Waals surface area contributed by atoms with Gasteiger partial charge in [-0.15, -0.1) is 0 Å². The van der Waals surface area contributed by atoms with Gasteiger partial charge in [-0.1, -0.05) is 176 Å². The van der Waals surface area contributed by atoms with Crippen LogP contribution in [0.3, 0.4) is 0 Å². The van der Waals surface area contributed by atoms with Gasteiger partial charge < -0.3 is 4.74 Å². The van der Waals surface area contributed by atoms with E-state index >= 15 is 0 Å². The van der Waals surface area contributed by atoms with E-state index in [1.54, 1.807) is 0 Å². The van der Waals surface area contributed by atoms with Gasteiger partial charge in [-0.05, 0) is 51.2 Å². The molecule has 5 heteroatoms. The quantitative estimate of drug-likeness (QED) is 0.161. The molecule has 8 aromatic carbocycles. The first-order valence-electron chi connectivity index (χ1n) is 18.6. The number of fused-ring (bicyclic) bond motifs is 3. The lowest BCUT2D eigenvalue weighted by atomic mass is 9.63. The third-order valence-corrected chi connectivity index (χ3v) is 10.7. The highest BCUT2D eigenvalue weighted by atomic mass is 16.5. The van der Waals surface area contributed by atoms with Gasteiger partial charge >= 0.3 is 0 Å². The SMILES string of the molecule is [C-]#[N+]c1ccc(-c2cccc(-c3nc(-c4cccc5c4Oc4ccccc4C5(c4ccccc4)c4ccccc4)nc(-c4cccc5ccccc45)n3)c2)cc1. The Morgan fingerprint density at radius 1 is 0.446 bits per heavy atom. The first-order chi connectivity index (χ1) is 27.7. The van der Waals surface area contributed by atoms with Crippen molar-refractivity contribution in [2.75, 3.05) is 0 Å². The number of nitrogens with zero attached hydrogens (tertiary/aromatic N) is 4. The summed E-state index contributed by atoms with van der Waals surface area (Å²) in [6, 6.07) is 66.4. The van der Waals surface area contributed by atoms with E-state index in [1.165, 1.54) is 0 Å². The Morgan fingerprint density at radius 3 is 1.79 bits per heavy atom. The van der Waals surface area contributed by atoms with Crippen molar-refractivity contribution in [2.45, 2.75) is 5.41 Å². The monoisotopic (exact) mass is 716 g/mol. The second-order valence-electron chi connectivity index (χ2n) is 13.8. The molecule has 0 amide bonds. The Balaban J connectivity index is 1.24. The molecule has 0 saturated carbocycles. The molecule has 0 bridgehead atoms. The van der Waals surface area contributed by atoms with Crippen molar-refractivity contribution in [2.24, 2.45) is 0 Å². The van der Waals surface area contributed by atoms with Crippen LogP contribution in [0.4, 0.5) is 5.69 Å². The fourth-order valence-corrected chi connectivity index (χ4v) is 8.14. The van der Waals surface area contributed by atoms with E-state index in [4.69, 9.17) is 26.3 Å². The summed E-state index contributed by atoms with van der Waals surface area (Å²) in [6.45, 7) is 7.39. The molecule has 0 spiro atoms. The van der Waals surface area contributed by atoms with E-state index < -0.39 is 5.41 Å². The Hall–Kier alpha value is -7.68. The van der Waals surface area contributed by atoms with Crippen LogP contribution in [-0.2, 0) is 5.41 Å². The molecule has 1 aliphatic rings. The van der Waals surface area contributed by atoms with E-state index in [-0.39, 0.29) is 0 Å². The van der Waals surface area contributed by atoms with Gasteiger partial charge in [0, 0.05) is 22.3 Å². The van der Waals surface area contributed by atoms with E-state index in [1.807, 2.05) is 66.7 Å². The summed E-state index contributed by atoms with van der Waals surface area (Å²) in [4.78, 5) is 19.3. The highest BCUT2D eigenvalue weighted by molar-refractivity contribution is 5.95. The molecular weight excluding hydrogens is 685 g/mol. The zero-order valence-electron chi connectivity index (χ0n) is 30.2. The maximum Gasteiger partial charge on any atom is 0.187 e. The lowest BCUT2D eigenvalue weighted by Gasteiger charge is -2.42. The van der Waals surface area contributed by atoms with E-state index in [0.29, 0.717) is 28.9 Å². The summed E-state index contributed by atoms with van der Waals surface area (Å²) in [6.07, 6.45) is 0. The third-order valence-electron chi connectivity index (χ3n) is 10.7. The van der Waals surface area contributed by atoms with Gasteiger partial charge in [0.2, 0.25) is 0 Å². The number of para-hydroxylation sites is 2. The number of ether oxygens (including phenoxy) is 1. The van der Waals surface area contributed by atoms with E-state index in [0.717, 1.165) is 66.6 Å². The molecule has 0 atom stereocenters. The van der Waals surface area contributed by atoms with Crippen LogP contribution < -0.4 is 4.74 Å². The Labute approximate surface area is 325 Å². The van der Waals surface area contributed by atoms with E-state index in [9.17, 15) is 0 Å². The number of hydrogen-bond donors (Lipinski definition) is 0. The average molecular weight is 717 g/mol. The second kappa shape index (κ2) is 13.6. The van der Waals surface area contributed by atoms with Gasteiger partial charge in [0.15, 0.2) is 23.2 Å². The van der Waals surface area contributed by atoms with Crippen molar-refractivity contribution in [3.8, 4) is 56.8 Å². The molecule has 1 aliphatic heterocycles. The highest BCUT2D eigenvalue weighted by Crippen LogP contribution is 2.57. The molecule has 2 heterocycles. The van der Waals surface area contributed by atoms with Crippen molar-refractivity contribution in [1.29, 1.82) is 0 Å². The van der Waals surface area contributed by atoms with Crippen LogP contribution in [0.15, 0.2) is 194 Å². The van der Waals surface area contributed by atoms with Crippen LogP contribution in [-0.4, -0.2) is 15.0 Å². The Kier molecular flexibility index (Phi) is 8.01. The van der Waals surface area contributed by atoms with Gasteiger partial charge in [-0.2, -0.15) is 0 Å². The van der Waals surface area contributed by atoms with Gasteiger partial charge in [0.1, 0.15) is 11.5 Å². The van der Waals surface area contributed by atoms with E-state index in [2.05, 4.69) is 132 Å². The lowest BCUT2D eigenvalue weighted by Crippen LogP contribution is -2.34. The molecule has 0 unspecified atom stereocenters. The summed E-state index contributed by atoms with van der Waals surface area (Å²) in [5, 5.41) is 2.16. The highest BCUT2D eigenvalue weighted by Gasteiger charge is 2.46. The Morgan fingerprint density at radius 2 is 1.02 bits per heavy atom. The molecule has 10 rings (SSSR count). The predicted octanol–water partition coefficient (Wildman–Crippen LogP) is 12.7. The minimum atomic E-state index is -0.686. The smallest absolute Gasteiger partial charge is 0.187 e. The minimum Gasteiger partial charge on any atom is -0.456 e. The summed E-state index contributed by atoms with van der Waals surface area (Å²) >= 11 is 0. The molecule has 56 heavy (non-hydrogen) atoms. The third kappa shape index (κ3) is 5.43. The molecule has 0 saturated heterocycles. The topological polar surface area (TPSA) is 52.3 Å². The number of rotatable bonds is 6. The molecule has 0 radical (unpaired) electrons. The van der Waals surface area contributed by atoms with Crippen LogP contribution in [0.25, 0.3) is 60.9 Å². The van der Waals surface area contributed by atoms with Crippen LogP contribution in [0.1, 0.15) is 22.3 Å². The zero-order valence-corrected chi connectivity index (χ0v) is 30.2.